The van der Waals surface area contributed by atoms with E-state index in [0.717, 1.165) is 43.6 Å². The van der Waals surface area contributed by atoms with E-state index in [1.807, 2.05) is 6.07 Å². The van der Waals surface area contributed by atoms with Gasteiger partial charge in [-0.1, -0.05) is 6.92 Å². The summed E-state index contributed by atoms with van der Waals surface area (Å²) < 4.78 is 39.6. The number of hydrogen-bond acceptors (Lipinski definition) is 5. The Labute approximate surface area is 188 Å². The van der Waals surface area contributed by atoms with Crippen molar-refractivity contribution in [1.82, 2.24) is 19.7 Å². The molecule has 7 nitrogen and oxygen atoms in total. The average molecular weight is 459 g/mol. The Morgan fingerprint density at radius 3 is 2.42 bits per heavy atom. The van der Waals surface area contributed by atoms with E-state index in [1.54, 1.807) is 19.2 Å². The molecule has 0 spiro atoms. The van der Waals surface area contributed by atoms with Gasteiger partial charge in [0, 0.05) is 17.3 Å². The van der Waals surface area contributed by atoms with Gasteiger partial charge < -0.3 is 10.4 Å². The van der Waals surface area contributed by atoms with Gasteiger partial charge in [0.2, 0.25) is 0 Å². The zero-order chi connectivity index (χ0) is 23.8. The van der Waals surface area contributed by atoms with Crippen molar-refractivity contribution < 1.29 is 23.1 Å². The molecule has 0 radical (unpaired) electrons. The Balaban J connectivity index is 1.47. The van der Waals surface area contributed by atoms with Crippen LogP contribution >= 0.6 is 0 Å². The Morgan fingerprint density at radius 1 is 1.12 bits per heavy atom. The van der Waals surface area contributed by atoms with Crippen LogP contribution in [0.5, 0.6) is 0 Å². The Kier molecular flexibility index (Phi) is 5.96. The standard InChI is InChI=1S/C23H24F3N5O2/c1-14-18(13-29-31(14)20-6-3-15(11-28-20)23(24,25)26)21(33)30-16-4-5-19(27-12-16)22(2)9-7-17(32)8-10-22/h3-6,11-13,17,32H,7-10H2,1-2H3,(H,30,33)/t17-,22+. The molecule has 33 heavy (non-hydrogen) atoms. The lowest BCUT2D eigenvalue weighted by Gasteiger charge is -2.35. The maximum absolute atomic E-state index is 12.8. The number of aromatic nitrogens is 4. The molecule has 0 saturated heterocycles. The molecule has 174 valence electrons. The zero-order valence-electron chi connectivity index (χ0n) is 18.2. The third kappa shape index (κ3) is 4.75. The number of halogens is 3. The number of carbonyl (C=O) groups is 1. The third-order valence-corrected chi connectivity index (χ3v) is 6.25. The van der Waals surface area contributed by atoms with Crippen LogP contribution in [0.2, 0.25) is 0 Å². The largest absolute Gasteiger partial charge is 0.417 e. The summed E-state index contributed by atoms with van der Waals surface area (Å²) in [7, 11) is 0. The number of carbonyl (C=O) groups excluding carboxylic acids is 1. The van der Waals surface area contributed by atoms with Crippen LogP contribution < -0.4 is 5.32 Å². The molecule has 3 heterocycles. The van der Waals surface area contributed by atoms with Gasteiger partial charge in [0.25, 0.3) is 5.91 Å². The van der Waals surface area contributed by atoms with Gasteiger partial charge in [0.05, 0.1) is 41.0 Å². The minimum atomic E-state index is -4.48. The number of nitrogens with zero attached hydrogens (tertiary/aromatic N) is 4. The highest BCUT2D eigenvalue weighted by atomic mass is 19.4. The number of alkyl halides is 3. The molecule has 0 bridgehead atoms. The summed E-state index contributed by atoms with van der Waals surface area (Å²) in [6.45, 7) is 3.77. The quantitative estimate of drug-likeness (QED) is 0.602. The summed E-state index contributed by atoms with van der Waals surface area (Å²) in [5, 5.41) is 16.6. The van der Waals surface area contributed by atoms with Crippen molar-refractivity contribution in [2.24, 2.45) is 0 Å². The number of hydrogen-bond donors (Lipinski definition) is 2. The Morgan fingerprint density at radius 2 is 1.85 bits per heavy atom. The second-order valence-electron chi connectivity index (χ2n) is 8.64. The monoisotopic (exact) mass is 459 g/mol. The van der Waals surface area contributed by atoms with Gasteiger partial charge in [-0.25, -0.2) is 9.67 Å². The van der Waals surface area contributed by atoms with Crippen molar-refractivity contribution >= 4 is 11.6 Å². The van der Waals surface area contributed by atoms with Gasteiger partial charge in [0.1, 0.15) is 0 Å². The molecule has 1 aliphatic rings. The lowest BCUT2D eigenvalue weighted by atomic mass is 9.72. The molecule has 2 N–H and O–H groups in total. The van der Waals surface area contributed by atoms with Crippen LogP contribution in [0.25, 0.3) is 5.82 Å². The van der Waals surface area contributed by atoms with E-state index in [0.29, 0.717) is 11.4 Å². The molecule has 10 heteroatoms. The van der Waals surface area contributed by atoms with Crippen molar-refractivity contribution in [3.05, 3.63) is 65.4 Å². The van der Waals surface area contributed by atoms with Crippen LogP contribution in [0.15, 0.2) is 42.9 Å². The number of pyridine rings is 2. The molecule has 0 aromatic carbocycles. The van der Waals surface area contributed by atoms with Crippen molar-refractivity contribution in [3.8, 4) is 5.82 Å². The van der Waals surface area contributed by atoms with Crippen LogP contribution in [0.1, 0.15) is 59.9 Å². The maximum atomic E-state index is 12.8. The number of anilines is 1. The van der Waals surface area contributed by atoms with Gasteiger partial charge in [-0.2, -0.15) is 18.3 Å². The minimum Gasteiger partial charge on any atom is -0.393 e. The summed E-state index contributed by atoms with van der Waals surface area (Å²) in [5.74, 6) is -0.233. The summed E-state index contributed by atoms with van der Waals surface area (Å²) in [5.41, 5.74) is 1.19. The fourth-order valence-electron chi connectivity index (χ4n) is 4.06. The van der Waals surface area contributed by atoms with Crippen molar-refractivity contribution in [3.63, 3.8) is 0 Å². The highest BCUT2D eigenvalue weighted by molar-refractivity contribution is 6.04. The first-order valence-corrected chi connectivity index (χ1v) is 10.6. The van der Waals surface area contributed by atoms with Crippen molar-refractivity contribution in [2.75, 3.05) is 5.32 Å². The number of nitrogens with one attached hydrogen (secondary N) is 1. The molecule has 0 atom stereocenters. The van der Waals surface area contributed by atoms with Crippen molar-refractivity contribution in [2.45, 2.75) is 57.2 Å². The molecule has 1 aliphatic carbocycles. The summed E-state index contributed by atoms with van der Waals surface area (Å²) in [6.07, 6.45) is 2.14. The lowest BCUT2D eigenvalue weighted by molar-refractivity contribution is -0.137. The van der Waals surface area contributed by atoms with Crippen LogP contribution in [-0.4, -0.2) is 36.9 Å². The SMILES string of the molecule is Cc1c(C(=O)Nc2ccc([C@]3(C)CC[C@H](O)CC3)nc2)cnn1-c1ccc(C(F)(F)F)cn1. The summed E-state index contributed by atoms with van der Waals surface area (Å²) in [4.78, 5) is 21.1. The highest BCUT2D eigenvalue weighted by Crippen LogP contribution is 2.38. The third-order valence-electron chi connectivity index (χ3n) is 6.25. The lowest BCUT2D eigenvalue weighted by Crippen LogP contribution is -2.31. The Hall–Kier alpha value is -3.27. The minimum absolute atomic E-state index is 0.103. The number of rotatable bonds is 4. The van der Waals surface area contributed by atoms with Gasteiger partial charge in [0.15, 0.2) is 5.82 Å². The number of aliphatic hydroxyl groups is 1. The molecule has 1 amide bonds. The van der Waals surface area contributed by atoms with E-state index in [1.165, 1.54) is 16.9 Å². The molecule has 1 saturated carbocycles. The highest BCUT2D eigenvalue weighted by Gasteiger charge is 2.33. The molecule has 0 unspecified atom stereocenters. The molecule has 3 aromatic heterocycles. The van der Waals surface area contributed by atoms with Crippen molar-refractivity contribution in [1.29, 1.82) is 0 Å². The average Bonchev–Trinajstić information content (AvgIpc) is 3.17. The van der Waals surface area contributed by atoms with E-state index in [9.17, 15) is 23.1 Å². The topological polar surface area (TPSA) is 92.9 Å². The predicted molar refractivity (Wildman–Crippen MR) is 115 cm³/mol. The molecule has 1 fully saturated rings. The van der Waals surface area contributed by atoms with Crippen LogP contribution in [0.4, 0.5) is 18.9 Å². The first-order chi connectivity index (χ1) is 15.6. The fourth-order valence-corrected chi connectivity index (χ4v) is 4.06. The van der Waals surface area contributed by atoms with E-state index >= 15 is 0 Å². The summed E-state index contributed by atoms with van der Waals surface area (Å²) >= 11 is 0. The molecule has 4 rings (SSSR count). The number of amides is 1. The van der Waals surface area contributed by atoms with Crippen LogP contribution in [-0.2, 0) is 11.6 Å². The number of aliphatic hydroxyl groups excluding tert-OH is 1. The normalized spacial score (nSPS) is 21.1. The molecule has 0 aliphatic heterocycles. The first-order valence-electron chi connectivity index (χ1n) is 10.6. The fraction of sp³-hybridized carbons (Fsp3) is 0.391. The second kappa shape index (κ2) is 8.58. The Bertz CT molecular complexity index is 1130. The maximum Gasteiger partial charge on any atom is 0.417 e. The summed E-state index contributed by atoms with van der Waals surface area (Å²) in [6, 6.07) is 5.80. The van der Waals surface area contributed by atoms with E-state index in [4.69, 9.17) is 0 Å². The van der Waals surface area contributed by atoms with E-state index in [2.05, 4.69) is 27.3 Å². The smallest absolute Gasteiger partial charge is 0.393 e. The van der Waals surface area contributed by atoms with Crippen LogP contribution in [0, 0.1) is 6.92 Å². The van der Waals surface area contributed by atoms with Gasteiger partial charge in [-0.3, -0.25) is 9.78 Å². The van der Waals surface area contributed by atoms with Gasteiger partial charge in [-0.05, 0) is 56.9 Å². The molecular weight excluding hydrogens is 435 g/mol. The van der Waals surface area contributed by atoms with E-state index in [-0.39, 0.29) is 22.9 Å². The first kappa shape index (κ1) is 22.9. The zero-order valence-corrected chi connectivity index (χ0v) is 18.2. The van der Waals surface area contributed by atoms with Crippen LogP contribution in [0.3, 0.4) is 0 Å². The van der Waals surface area contributed by atoms with Gasteiger partial charge >= 0.3 is 6.18 Å². The predicted octanol–water partition coefficient (Wildman–Crippen LogP) is 4.43. The molecular formula is C23H24F3N5O2. The van der Waals surface area contributed by atoms with E-state index < -0.39 is 17.6 Å². The molecule has 3 aromatic rings. The van der Waals surface area contributed by atoms with Gasteiger partial charge in [-0.15, -0.1) is 0 Å². The second-order valence-corrected chi connectivity index (χ2v) is 8.64.